The molecule has 1 saturated heterocycles. The Morgan fingerprint density at radius 2 is 1.75 bits per heavy atom. The van der Waals surface area contributed by atoms with Crippen LogP contribution < -0.4 is 10.2 Å². The summed E-state index contributed by atoms with van der Waals surface area (Å²) in [5.41, 5.74) is 3.16. The maximum atomic E-state index is 12.8. The molecule has 2 heterocycles. The number of carbonyl (C=O) groups is 2. The van der Waals surface area contributed by atoms with Crippen molar-refractivity contribution in [3.05, 3.63) is 60.3 Å². The molecule has 144 valence electrons. The second-order valence-electron chi connectivity index (χ2n) is 6.94. The van der Waals surface area contributed by atoms with Crippen LogP contribution in [-0.2, 0) is 16.1 Å². The minimum absolute atomic E-state index is 0.117. The molecule has 1 aliphatic rings. The lowest BCUT2D eigenvalue weighted by molar-refractivity contribution is -0.116. The lowest BCUT2D eigenvalue weighted by Gasteiger charge is -2.21. The number of nitrogens with zero attached hydrogens (tertiary/aromatic N) is 2. The zero-order valence-electron chi connectivity index (χ0n) is 15.9. The van der Waals surface area contributed by atoms with Crippen LogP contribution in [0.2, 0.25) is 0 Å². The number of anilines is 2. The third-order valence-corrected chi connectivity index (χ3v) is 5.13. The normalized spacial score (nSPS) is 13.7. The first-order valence-corrected chi connectivity index (χ1v) is 9.47. The van der Waals surface area contributed by atoms with Gasteiger partial charge in [0.1, 0.15) is 6.54 Å². The quantitative estimate of drug-likeness (QED) is 0.689. The Hall–Kier alpha value is -3.28. The van der Waals surface area contributed by atoms with Crippen LogP contribution in [0.3, 0.4) is 0 Å². The number of esters is 1. The molecule has 0 saturated carbocycles. The summed E-state index contributed by atoms with van der Waals surface area (Å²) >= 11 is 0. The van der Waals surface area contributed by atoms with Crippen molar-refractivity contribution >= 4 is 34.2 Å². The number of ether oxygens (including phenoxy) is 1. The van der Waals surface area contributed by atoms with Crippen molar-refractivity contribution in [3.8, 4) is 0 Å². The SMILES string of the molecule is COC(=O)c1cn(CC(=O)Nc2ccccc2N2CCCC2)c2ccccc12. The van der Waals surface area contributed by atoms with Gasteiger partial charge in [0.2, 0.25) is 5.91 Å². The van der Waals surface area contributed by atoms with E-state index in [0.29, 0.717) is 5.56 Å². The molecule has 0 unspecified atom stereocenters. The van der Waals surface area contributed by atoms with Gasteiger partial charge >= 0.3 is 5.97 Å². The molecule has 3 aromatic rings. The molecule has 0 spiro atoms. The molecule has 6 nitrogen and oxygen atoms in total. The number of hydrogen-bond donors (Lipinski definition) is 1. The van der Waals surface area contributed by atoms with Gasteiger partial charge < -0.3 is 19.5 Å². The van der Waals surface area contributed by atoms with E-state index in [2.05, 4.69) is 10.2 Å². The van der Waals surface area contributed by atoms with E-state index in [1.54, 1.807) is 10.8 Å². The van der Waals surface area contributed by atoms with Crippen molar-refractivity contribution in [2.45, 2.75) is 19.4 Å². The third-order valence-electron chi connectivity index (χ3n) is 5.13. The molecule has 1 N–H and O–H groups in total. The number of amides is 1. The zero-order valence-corrected chi connectivity index (χ0v) is 15.9. The molecular formula is C22H23N3O3. The van der Waals surface area contributed by atoms with Gasteiger partial charge in [-0.2, -0.15) is 0 Å². The maximum absolute atomic E-state index is 12.8. The standard InChI is InChI=1S/C22H23N3O3/c1-28-22(27)17-14-25(19-10-4-2-8-16(17)19)15-21(26)23-18-9-3-5-11-20(18)24-12-6-7-13-24/h2-5,8-11,14H,6-7,12-13,15H2,1H3,(H,23,26). The van der Waals surface area contributed by atoms with Gasteiger partial charge in [0.15, 0.2) is 0 Å². The van der Waals surface area contributed by atoms with Crippen molar-refractivity contribution in [1.82, 2.24) is 4.57 Å². The Morgan fingerprint density at radius 3 is 2.54 bits per heavy atom. The van der Waals surface area contributed by atoms with E-state index in [9.17, 15) is 9.59 Å². The summed E-state index contributed by atoms with van der Waals surface area (Å²) in [7, 11) is 1.36. The van der Waals surface area contributed by atoms with Crippen LogP contribution in [0.1, 0.15) is 23.2 Å². The molecule has 0 bridgehead atoms. The summed E-state index contributed by atoms with van der Waals surface area (Å²) in [5, 5.41) is 3.81. The largest absolute Gasteiger partial charge is 0.465 e. The summed E-state index contributed by atoms with van der Waals surface area (Å²) in [6.45, 7) is 2.14. The highest BCUT2D eigenvalue weighted by Gasteiger charge is 2.19. The number of fused-ring (bicyclic) bond motifs is 1. The Morgan fingerprint density at radius 1 is 1.04 bits per heavy atom. The molecule has 6 heteroatoms. The first-order valence-electron chi connectivity index (χ1n) is 9.47. The molecular weight excluding hydrogens is 354 g/mol. The molecule has 0 atom stereocenters. The summed E-state index contributed by atoms with van der Waals surface area (Å²) < 4.78 is 6.66. The van der Waals surface area contributed by atoms with E-state index >= 15 is 0 Å². The van der Waals surface area contributed by atoms with Crippen LogP contribution in [-0.4, -0.2) is 36.6 Å². The van der Waals surface area contributed by atoms with Crippen LogP contribution >= 0.6 is 0 Å². The number of rotatable bonds is 5. The Labute approximate surface area is 163 Å². The minimum Gasteiger partial charge on any atom is -0.465 e. The minimum atomic E-state index is -0.408. The first kappa shape index (κ1) is 18.1. The van der Waals surface area contributed by atoms with Crippen LogP contribution in [0.15, 0.2) is 54.7 Å². The molecule has 1 aliphatic heterocycles. The molecule has 0 aliphatic carbocycles. The highest BCUT2D eigenvalue weighted by molar-refractivity contribution is 6.05. The van der Waals surface area contributed by atoms with Gasteiger partial charge in [-0.1, -0.05) is 30.3 Å². The summed E-state index contributed by atoms with van der Waals surface area (Å²) in [6, 6.07) is 15.4. The molecule has 28 heavy (non-hydrogen) atoms. The summed E-state index contributed by atoms with van der Waals surface area (Å²) in [5.74, 6) is -0.543. The van der Waals surface area contributed by atoms with Gasteiger partial charge in [0.25, 0.3) is 0 Å². The van der Waals surface area contributed by atoms with E-state index in [1.807, 2.05) is 48.5 Å². The fraction of sp³-hybridized carbons (Fsp3) is 0.273. The molecule has 1 fully saturated rings. The highest BCUT2D eigenvalue weighted by Crippen LogP contribution is 2.29. The maximum Gasteiger partial charge on any atom is 0.340 e. The van der Waals surface area contributed by atoms with Crippen molar-refractivity contribution in [2.24, 2.45) is 0 Å². The zero-order chi connectivity index (χ0) is 19.5. The van der Waals surface area contributed by atoms with Gasteiger partial charge in [0, 0.05) is 30.2 Å². The second kappa shape index (κ2) is 7.76. The van der Waals surface area contributed by atoms with Gasteiger partial charge in [-0.05, 0) is 31.0 Å². The number of aromatic nitrogens is 1. The highest BCUT2D eigenvalue weighted by atomic mass is 16.5. The molecule has 1 aromatic heterocycles. The van der Waals surface area contributed by atoms with Crippen molar-refractivity contribution in [2.75, 3.05) is 30.4 Å². The predicted octanol–water partition coefficient (Wildman–Crippen LogP) is 3.67. The van der Waals surface area contributed by atoms with Crippen molar-refractivity contribution < 1.29 is 14.3 Å². The molecule has 2 aromatic carbocycles. The van der Waals surface area contributed by atoms with E-state index in [4.69, 9.17) is 4.74 Å². The van der Waals surface area contributed by atoms with E-state index < -0.39 is 5.97 Å². The Bertz CT molecular complexity index is 1020. The van der Waals surface area contributed by atoms with Gasteiger partial charge in [-0.3, -0.25) is 4.79 Å². The van der Waals surface area contributed by atoms with E-state index in [-0.39, 0.29) is 12.5 Å². The van der Waals surface area contributed by atoms with Crippen LogP contribution in [0.4, 0.5) is 11.4 Å². The van der Waals surface area contributed by atoms with Gasteiger partial charge in [-0.15, -0.1) is 0 Å². The average Bonchev–Trinajstić information content (AvgIpc) is 3.37. The number of benzene rings is 2. The Kier molecular flexibility index (Phi) is 5.02. The molecule has 0 radical (unpaired) electrons. The number of carbonyl (C=O) groups excluding carboxylic acids is 2. The average molecular weight is 377 g/mol. The van der Waals surface area contributed by atoms with Crippen LogP contribution in [0.5, 0.6) is 0 Å². The second-order valence-corrected chi connectivity index (χ2v) is 6.94. The lowest BCUT2D eigenvalue weighted by Crippen LogP contribution is -2.23. The number of nitrogens with one attached hydrogen (secondary N) is 1. The number of hydrogen-bond acceptors (Lipinski definition) is 4. The summed E-state index contributed by atoms with van der Waals surface area (Å²) in [6.07, 6.45) is 4.03. The monoisotopic (exact) mass is 377 g/mol. The van der Waals surface area contributed by atoms with Crippen LogP contribution in [0, 0.1) is 0 Å². The topological polar surface area (TPSA) is 63.6 Å². The number of methoxy groups -OCH3 is 1. The fourth-order valence-electron chi connectivity index (χ4n) is 3.81. The van der Waals surface area contributed by atoms with E-state index in [1.165, 1.54) is 20.0 Å². The van der Waals surface area contributed by atoms with E-state index in [0.717, 1.165) is 35.4 Å². The van der Waals surface area contributed by atoms with Crippen molar-refractivity contribution in [1.29, 1.82) is 0 Å². The lowest BCUT2D eigenvalue weighted by atomic mass is 10.2. The smallest absolute Gasteiger partial charge is 0.340 e. The summed E-state index contributed by atoms with van der Waals surface area (Å²) in [4.78, 5) is 27.1. The molecule has 1 amide bonds. The fourth-order valence-corrected chi connectivity index (χ4v) is 3.81. The first-order chi connectivity index (χ1) is 13.7. The van der Waals surface area contributed by atoms with Crippen molar-refractivity contribution in [3.63, 3.8) is 0 Å². The van der Waals surface area contributed by atoms with Crippen LogP contribution in [0.25, 0.3) is 10.9 Å². The number of para-hydroxylation sites is 3. The van der Waals surface area contributed by atoms with Gasteiger partial charge in [-0.25, -0.2) is 4.79 Å². The Balaban J connectivity index is 1.58. The third kappa shape index (κ3) is 3.45. The van der Waals surface area contributed by atoms with Gasteiger partial charge in [0.05, 0.1) is 24.0 Å². The predicted molar refractivity (Wildman–Crippen MR) is 110 cm³/mol. The molecule has 4 rings (SSSR count).